The summed E-state index contributed by atoms with van der Waals surface area (Å²) in [6.45, 7) is 7.54. The van der Waals surface area contributed by atoms with Crippen LogP contribution in [0.3, 0.4) is 0 Å². The number of aryl methyl sites for hydroxylation is 1. The van der Waals surface area contributed by atoms with Gasteiger partial charge in [0.1, 0.15) is 6.54 Å². The molecule has 26 heavy (non-hydrogen) atoms. The number of imidazole rings is 1. The standard InChI is InChI=1S/C19H31N5O2/c1-4-20-19(26)17-9-15(10-24(17)16-7-5-6-8-16)22-18(25)11-23-12-21-13(2)14(23)3/h12,15-17H,4-11H2,1-3H3,(H,20,26)(H,22,25). The largest absolute Gasteiger partial charge is 0.355 e. The Morgan fingerprint density at radius 3 is 2.62 bits per heavy atom. The molecule has 1 saturated heterocycles. The number of amides is 2. The van der Waals surface area contributed by atoms with Crippen LogP contribution in [-0.2, 0) is 16.1 Å². The number of hydrogen-bond donors (Lipinski definition) is 2. The minimum atomic E-state index is -0.124. The van der Waals surface area contributed by atoms with Gasteiger partial charge in [-0.2, -0.15) is 0 Å². The summed E-state index contributed by atoms with van der Waals surface area (Å²) in [6.07, 6.45) is 7.19. The molecule has 0 spiro atoms. The number of rotatable bonds is 6. The predicted molar refractivity (Wildman–Crippen MR) is 99.7 cm³/mol. The summed E-state index contributed by atoms with van der Waals surface area (Å²) in [6, 6.07) is 0.379. The van der Waals surface area contributed by atoms with Gasteiger partial charge in [0, 0.05) is 30.9 Å². The lowest BCUT2D eigenvalue weighted by Gasteiger charge is -2.29. The summed E-state index contributed by atoms with van der Waals surface area (Å²) < 4.78 is 1.87. The minimum absolute atomic E-state index is 0.0154. The monoisotopic (exact) mass is 361 g/mol. The highest BCUT2D eigenvalue weighted by Crippen LogP contribution is 2.30. The van der Waals surface area contributed by atoms with E-state index in [1.54, 1.807) is 6.33 Å². The molecule has 0 radical (unpaired) electrons. The zero-order valence-corrected chi connectivity index (χ0v) is 16.1. The summed E-state index contributed by atoms with van der Waals surface area (Å²) >= 11 is 0. The van der Waals surface area contributed by atoms with E-state index in [2.05, 4.69) is 20.5 Å². The fraction of sp³-hybridized carbons (Fsp3) is 0.737. The van der Waals surface area contributed by atoms with Crippen LogP contribution in [0.4, 0.5) is 0 Å². The second-order valence-corrected chi connectivity index (χ2v) is 7.59. The molecular formula is C19H31N5O2. The highest BCUT2D eigenvalue weighted by atomic mass is 16.2. The molecule has 1 aromatic heterocycles. The third kappa shape index (κ3) is 4.09. The molecule has 1 aliphatic heterocycles. The van der Waals surface area contributed by atoms with Gasteiger partial charge in [0.25, 0.3) is 0 Å². The number of nitrogens with zero attached hydrogens (tertiary/aromatic N) is 3. The fourth-order valence-electron chi connectivity index (χ4n) is 4.29. The van der Waals surface area contributed by atoms with Crippen molar-refractivity contribution in [3.8, 4) is 0 Å². The van der Waals surface area contributed by atoms with Gasteiger partial charge in [0.05, 0.1) is 18.1 Å². The Labute approximate surface area is 155 Å². The SMILES string of the molecule is CCNC(=O)C1CC(NC(=O)Cn2cnc(C)c2C)CN1C1CCCC1. The number of nitrogens with one attached hydrogen (secondary N) is 2. The molecule has 0 aromatic carbocycles. The first kappa shape index (κ1) is 18.9. The van der Waals surface area contributed by atoms with E-state index < -0.39 is 0 Å². The Balaban J connectivity index is 1.61. The van der Waals surface area contributed by atoms with Crippen molar-refractivity contribution in [2.24, 2.45) is 0 Å². The Bertz CT molecular complexity index is 650. The molecule has 2 fully saturated rings. The van der Waals surface area contributed by atoms with Crippen molar-refractivity contribution in [2.45, 2.75) is 77.5 Å². The van der Waals surface area contributed by atoms with Gasteiger partial charge in [-0.1, -0.05) is 12.8 Å². The number of aromatic nitrogens is 2. The number of likely N-dealkylation sites (tertiary alicyclic amines) is 1. The van der Waals surface area contributed by atoms with Crippen LogP contribution in [0, 0.1) is 13.8 Å². The molecule has 3 rings (SSSR count). The molecule has 0 bridgehead atoms. The zero-order valence-electron chi connectivity index (χ0n) is 16.1. The third-order valence-electron chi connectivity index (χ3n) is 5.81. The Morgan fingerprint density at radius 2 is 2.00 bits per heavy atom. The van der Waals surface area contributed by atoms with E-state index in [0.29, 0.717) is 19.0 Å². The van der Waals surface area contributed by atoms with Gasteiger partial charge in [-0.25, -0.2) is 4.98 Å². The van der Waals surface area contributed by atoms with E-state index in [1.807, 2.05) is 25.3 Å². The van der Waals surface area contributed by atoms with Crippen LogP contribution in [0.25, 0.3) is 0 Å². The summed E-state index contributed by atoms with van der Waals surface area (Å²) in [5, 5.41) is 6.09. The Kier molecular flexibility index (Phi) is 5.96. The first-order chi connectivity index (χ1) is 12.5. The van der Waals surface area contributed by atoms with Crippen molar-refractivity contribution < 1.29 is 9.59 Å². The molecule has 1 aromatic rings. The summed E-state index contributed by atoms with van der Waals surface area (Å²) in [4.78, 5) is 31.6. The van der Waals surface area contributed by atoms with Crippen LogP contribution in [0.5, 0.6) is 0 Å². The van der Waals surface area contributed by atoms with Gasteiger partial charge in [0.15, 0.2) is 0 Å². The number of carbonyl (C=O) groups excluding carboxylic acids is 2. The Hall–Kier alpha value is -1.89. The van der Waals surface area contributed by atoms with E-state index in [-0.39, 0.29) is 30.4 Å². The van der Waals surface area contributed by atoms with Gasteiger partial charge in [-0.15, -0.1) is 0 Å². The molecule has 7 heteroatoms. The molecular weight excluding hydrogens is 330 g/mol. The zero-order chi connectivity index (χ0) is 18.7. The lowest BCUT2D eigenvalue weighted by Crippen LogP contribution is -2.47. The van der Waals surface area contributed by atoms with Crippen molar-refractivity contribution in [3.63, 3.8) is 0 Å². The lowest BCUT2D eigenvalue weighted by molar-refractivity contribution is -0.126. The predicted octanol–water partition coefficient (Wildman–Crippen LogP) is 1.14. The summed E-state index contributed by atoms with van der Waals surface area (Å²) in [5.74, 6) is 0.0793. The maximum Gasteiger partial charge on any atom is 0.240 e. The molecule has 1 aliphatic carbocycles. The van der Waals surface area contributed by atoms with Gasteiger partial charge >= 0.3 is 0 Å². The molecule has 2 unspecified atom stereocenters. The van der Waals surface area contributed by atoms with Crippen molar-refractivity contribution in [1.29, 1.82) is 0 Å². The first-order valence-corrected chi connectivity index (χ1v) is 9.80. The number of carbonyl (C=O) groups is 2. The van der Waals surface area contributed by atoms with Crippen LogP contribution in [-0.4, -0.2) is 57.5 Å². The topological polar surface area (TPSA) is 79.3 Å². The molecule has 144 valence electrons. The van der Waals surface area contributed by atoms with E-state index in [9.17, 15) is 9.59 Å². The van der Waals surface area contributed by atoms with E-state index >= 15 is 0 Å². The third-order valence-corrected chi connectivity index (χ3v) is 5.81. The van der Waals surface area contributed by atoms with Gasteiger partial charge in [-0.05, 0) is 40.0 Å². The maximum absolute atomic E-state index is 12.5. The molecule has 2 heterocycles. The fourth-order valence-corrected chi connectivity index (χ4v) is 4.29. The quantitative estimate of drug-likeness (QED) is 0.796. The molecule has 7 nitrogen and oxygen atoms in total. The van der Waals surface area contributed by atoms with Crippen molar-refractivity contribution >= 4 is 11.8 Å². The van der Waals surface area contributed by atoms with Crippen molar-refractivity contribution in [1.82, 2.24) is 25.1 Å². The molecule has 2 atom stereocenters. The molecule has 2 N–H and O–H groups in total. The van der Waals surface area contributed by atoms with E-state index in [4.69, 9.17) is 0 Å². The van der Waals surface area contributed by atoms with Crippen molar-refractivity contribution in [3.05, 3.63) is 17.7 Å². The van der Waals surface area contributed by atoms with Crippen LogP contribution in [0.2, 0.25) is 0 Å². The van der Waals surface area contributed by atoms with Crippen LogP contribution in [0.1, 0.15) is 50.4 Å². The van der Waals surface area contributed by atoms with Crippen molar-refractivity contribution in [2.75, 3.05) is 13.1 Å². The average Bonchev–Trinajstić information content (AvgIpc) is 3.32. The van der Waals surface area contributed by atoms with E-state index in [0.717, 1.165) is 30.8 Å². The first-order valence-electron chi connectivity index (χ1n) is 9.80. The second kappa shape index (κ2) is 8.20. The highest BCUT2D eigenvalue weighted by molar-refractivity contribution is 5.82. The van der Waals surface area contributed by atoms with Gasteiger partial charge in [-0.3, -0.25) is 14.5 Å². The number of likely N-dealkylation sites (N-methyl/N-ethyl adjacent to an activating group) is 1. The van der Waals surface area contributed by atoms with Crippen LogP contribution < -0.4 is 10.6 Å². The average molecular weight is 361 g/mol. The highest BCUT2D eigenvalue weighted by Gasteiger charge is 2.41. The Morgan fingerprint density at radius 1 is 1.27 bits per heavy atom. The van der Waals surface area contributed by atoms with Crippen LogP contribution in [0.15, 0.2) is 6.33 Å². The minimum Gasteiger partial charge on any atom is -0.355 e. The van der Waals surface area contributed by atoms with Gasteiger partial charge in [0.2, 0.25) is 11.8 Å². The molecule has 1 saturated carbocycles. The summed E-state index contributed by atoms with van der Waals surface area (Å²) in [7, 11) is 0. The summed E-state index contributed by atoms with van der Waals surface area (Å²) in [5.41, 5.74) is 1.96. The lowest BCUT2D eigenvalue weighted by atomic mass is 10.1. The van der Waals surface area contributed by atoms with Gasteiger partial charge < -0.3 is 15.2 Å². The molecule has 2 amide bonds. The second-order valence-electron chi connectivity index (χ2n) is 7.59. The van der Waals surface area contributed by atoms with E-state index in [1.165, 1.54) is 12.8 Å². The molecule has 2 aliphatic rings. The van der Waals surface area contributed by atoms with Crippen LogP contribution >= 0.6 is 0 Å². The number of hydrogen-bond acceptors (Lipinski definition) is 4. The normalized spacial score (nSPS) is 24.1. The maximum atomic E-state index is 12.5. The smallest absolute Gasteiger partial charge is 0.240 e.